The Kier molecular flexibility index (Phi) is 6.81. The number of anilines is 1. The molecule has 0 spiro atoms. The van der Waals surface area contributed by atoms with Crippen LogP contribution in [0, 0.1) is 20.8 Å². The number of carbonyl (C=O) groups is 1. The summed E-state index contributed by atoms with van der Waals surface area (Å²) < 4.78 is 28.0. The van der Waals surface area contributed by atoms with Crippen LogP contribution in [0.15, 0.2) is 71.6 Å². The molecule has 0 saturated heterocycles. The second kappa shape index (κ2) is 9.35. The first-order valence-corrected chi connectivity index (χ1v) is 11.8. The minimum absolute atomic E-state index is 0.129. The summed E-state index contributed by atoms with van der Waals surface area (Å²) in [5, 5.41) is 3.09. The van der Waals surface area contributed by atoms with E-state index in [0.29, 0.717) is 16.8 Å². The third-order valence-electron chi connectivity index (χ3n) is 5.52. The fourth-order valence-corrected chi connectivity index (χ4v) is 4.58. The second-order valence-electron chi connectivity index (χ2n) is 7.67. The Hall–Kier alpha value is -3.12. The number of aryl methyl sites for hydroxylation is 2. The van der Waals surface area contributed by atoms with Gasteiger partial charge in [-0.1, -0.05) is 49.4 Å². The molecule has 0 fully saturated rings. The van der Waals surface area contributed by atoms with E-state index in [1.807, 2.05) is 13.0 Å². The minimum Gasteiger partial charge on any atom is -0.345 e. The zero-order chi connectivity index (χ0) is 22.6. The minimum atomic E-state index is -3.74. The first kappa shape index (κ1) is 22.6. The molecular formula is C25H28N2O3S. The van der Waals surface area contributed by atoms with Crippen LogP contribution in [0.5, 0.6) is 0 Å². The van der Waals surface area contributed by atoms with E-state index in [9.17, 15) is 13.2 Å². The first-order chi connectivity index (χ1) is 14.7. The van der Waals surface area contributed by atoms with Crippen LogP contribution < -0.4 is 10.0 Å². The highest BCUT2D eigenvalue weighted by Gasteiger charge is 2.20. The topological polar surface area (TPSA) is 75.3 Å². The van der Waals surface area contributed by atoms with Crippen LogP contribution in [-0.2, 0) is 10.0 Å². The maximum absolute atomic E-state index is 13.1. The average molecular weight is 437 g/mol. The Balaban J connectivity index is 1.84. The van der Waals surface area contributed by atoms with Crippen molar-refractivity contribution >= 4 is 21.6 Å². The number of benzene rings is 3. The molecule has 2 N–H and O–H groups in total. The molecule has 0 heterocycles. The largest absolute Gasteiger partial charge is 0.345 e. The van der Waals surface area contributed by atoms with E-state index in [2.05, 4.69) is 36.0 Å². The first-order valence-electron chi connectivity index (χ1n) is 10.3. The van der Waals surface area contributed by atoms with Gasteiger partial charge in [-0.3, -0.25) is 9.52 Å². The number of amides is 1. The van der Waals surface area contributed by atoms with Gasteiger partial charge in [0.15, 0.2) is 0 Å². The van der Waals surface area contributed by atoms with E-state index in [1.165, 1.54) is 23.3 Å². The van der Waals surface area contributed by atoms with Crippen LogP contribution in [-0.4, -0.2) is 14.3 Å². The molecule has 1 amide bonds. The van der Waals surface area contributed by atoms with E-state index in [1.54, 1.807) is 43.3 Å². The third kappa shape index (κ3) is 5.14. The highest BCUT2D eigenvalue weighted by atomic mass is 32.2. The number of rotatable bonds is 7. The predicted octanol–water partition coefficient (Wildman–Crippen LogP) is 5.29. The van der Waals surface area contributed by atoms with Gasteiger partial charge in [-0.25, -0.2) is 8.42 Å². The van der Waals surface area contributed by atoms with E-state index in [4.69, 9.17) is 0 Å². The van der Waals surface area contributed by atoms with Gasteiger partial charge in [0, 0.05) is 5.56 Å². The SMILES string of the molecule is CC[C@@H](NC(=O)c1cccc(NS(=O)(=O)c2ccccc2)c1C)c1ccc(C)c(C)c1. The number of sulfonamides is 1. The smallest absolute Gasteiger partial charge is 0.261 e. The third-order valence-corrected chi connectivity index (χ3v) is 6.90. The molecule has 0 unspecified atom stereocenters. The van der Waals surface area contributed by atoms with E-state index in [0.717, 1.165) is 12.0 Å². The van der Waals surface area contributed by atoms with Crippen LogP contribution in [0.1, 0.15) is 52.0 Å². The van der Waals surface area contributed by atoms with Crippen molar-refractivity contribution in [2.24, 2.45) is 0 Å². The highest BCUT2D eigenvalue weighted by molar-refractivity contribution is 7.92. The molecule has 5 nitrogen and oxygen atoms in total. The lowest BCUT2D eigenvalue weighted by Crippen LogP contribution is -2.29. The van der Waals surface area contributed by atoms with Crippen molar-refractivity contribution < 1.29 is 13.2 Å². The lowest BCUT2D eigenvalue weighted by molar-refractivity contribution is 0.0935. The molecule has 6 heteroatoms. The van der Waals surface area contributed by atoms with Crippen molar-refractivity contribution in [3.8, 4) is 0 Å². The van der Waals surface area contributed by atoms with Gasteiger partial charge < -0.3 is 5.32 Å². The molecule has 0 aromatic heterocycles. The molecule has 0 aliphatic carbocycles. The molecule has 0 radical (unpaired) electrons. The van der Waals surface area contributed by atoms with Gasteiger partial charge in [0.05, 0.1) is 16.6 Å². The van der Waals surface area contributed by atoms with Gasteiger partial charge in [0.25, 0.3) is 15.9 Å². The van der Waals surface area contributed by atoms with Gasteiger partial charge in [-0.2, -0.15) is 0 Å². The lowest BCUT2D eigenvalue weighted by Gasteiger charge is -2.20. The summed E-state index contributed by atoms with van der Waals surface area (Å²) in [6, 6.07) is 19.3. The Morgan fingerprint density at radius 3 is 2.26 bits per heavy atom. The summed E-state index contributed by atoms with van der Waals surface area (Å²) in [7, 11) is -3.74. The highest BCUT2D eigenvalue weighted by Crippen LogP contribution is 2.25. The maximum Gasteiger partial charge on any atom is 0.261 e. The molecule has 0 bridgehead atoms. The van der Waals surface area contributed by atoms with Gasteiger partial charge in [0.1, 0.15) is 0 Å². The predicted molar refractivity (Wildman–Crippen MR) is 125 cm³/mol. The quantitative estimate of drug-likeness (QED) is 0.528. The van der Waals surface area contributed by atoms with E-state index >= 15 is 0 Å². The molecule has 0 aliphatic heterocycles. The number of carbonyl (C=O) groups excluding carboxylic acids is 1. The zero-order valence-electron chi connectivity index (χ0n) is 18.3. The molecule has 31 heavy (non-hydrogen) atoms. The second-order valence-corrected chi connectivity index (χ2v) is 9.36. The molecule has 0 aliphatic rings. The molecule has 3 rings (SSSR count). The van der Waals surface area contributed by atoms with Crippen molar-refractivity contribution in [2.45, 2.75) is 45.1 Å². The van der Waals surface area contributed by atoms with Crippen molar-refractivity contribution in [1.82, 2.24) is 5.32 Å². The summed E-state index contributed by atoms with van der Waals surface area (Å²) in [5.74, 6) is -0.233. The molecule has 3 aromatic carbocycles. The van der Waals surface area contributed by atoms with Gasteiger partial charge in [-0.15, -0.1) is 0 Å². The fourth-order valence-electron chi connectivity index (χ4n) is 3.43. The van der Waals surface area contributed by atoms with Crippen LogP contribution in [0.4, 0.5) is 5.69 Å². The maximum atomic E-state index is 13.1. The molecular weight excluding hydrogens is 408 g/mol. The number of nitrogens with one attached hydrogen (secondary N) is 2. The fraction of sp³-hybridized carbons (Fsp3) is 0.240. The van der Waals surface area contributed by atoms with Gasteiger partial charge in [0.2, 0.25) is 0 Å². The standard InChI is InChI=1S/C25H28N2O3S/c1-5-23(20-15-14-17(2)18(3)16-20)26-25(28)22-12-9-13-24(19(22)4)27-31(29,30)21-10-7-6-8-11-21/h6-16,23,27H,5H2,1-4H3,(H,26,28)/t23-/m1/s1. The number of hydrogen-bond donors (Lipinski definition) is 2. The molecule has 3 aromatic rings. The van der Waals surface area contributed by atoms with Gasteiger partial charge in [-0.05, 0) is 73.7 Å². The Labute approximate surface area is 184 Å². The lowest BCUT2D eigenvalue weighted by atomic mass is 9.98. The summed E-state index contributed by atoms with van der Waals surface area (Å²) >= 11 is 0. The monoisotopic (exact) mass is 436 g/mol. The van der Waals surface area contributed by atoms with Gasteiger partial charge >= 0.3 is 0 Å². The zero-order valence-corrected chi connectivity index (χ0v) is 19.1. The number of hydrogen-bond acceptors (Lipinski definition) is 3. The summed E-state index contributed by atoms with van der Waals surface area (Å²) in [4.78, 5) is 13.2. The van der Waals surface area contributed by atoms with Crippen molar-refractivity contribution in [2.75, 3.05) is 4.72 Å². The average Bonchev–Trinajstić information content (AvgIpc) is 2.76. The Morgan fingerprint density at radius 1 is 0.903 bits per heavy atom. The van der Waals surface area contributed by atoms with Crippen LogP contribution >= 0.6 is 0 Å². The van der Waals surface area contributed by atoms with Crippen molar-refractivity contribution in [3.63, 3.8) is 0 Å². The summed E-state index contributed by atoms with van der Waals surface area (Å²) in [6.45, 7) is 7.88. The molecule has 162 valence electrons. The summed E-state index contributed by atoms with van der Waals surface area (Å²) in [6.07, 6.45) is 0.744. The van der Waals surface area contributed by atoms with Crippen molar-refractivity contribution in [3.05, 3.63) is 94.5 Å². The summed E-state index contributed by atoms with van der Waals surface area (Å²) in [5.41, 5.74) is 4.84. The Morgan fingerprint density at radius 2 is 1.61 bits per heavy atom. The van der Waals surface area contributed by atoms with Crippen LogP contribution in [0.3, 0.4) is 0 Å². The van der Waals surface area contributed by atoms with E-state index < -0.39 is 10.0 Å². The normalized spacial score (nSPS) is 12.3. The Bertz CT molecular complexity index is 1190. The van der Waals surface area contributed by atoms with Crippen LogP contribution in [0.25, 0.3) is 0 Å². The van der Waals surface area contributed by atoms with E-state index in [-0.39, 0.29) is 16.8 Å². The van der Waals surface area contributed by atoms with Crippen LogP contribution in [0.2, 0.25) is 0 Å². The molecule has 0 saturated carbocycles. The molecule has 1 atom stereocenters. The van der Waals surface area contributed by atoms with Crippen molar-refractivity contribution in [1.29, 1.82) is 0 Å².